The van der Waals surface area contributed by atoms with Gasteiger partial charge in [0.25, 0.3) is 0 Å². The maximum absolute atomic E-state index is 12.6. The highest BCUT2D eigenvalue weighted by atomic mass is 16.2. The molecule has 2 aromatic rings. The summed E-state index contributed by atoms with van der Waals surface area (Å²) >= 11 is 0. The van der Waals surface area contributed by atoms with Crippen molar-refractivity contribution in [2.45, 2.75) is 26.2 Å². The molecular weight excluding hydrogens is 362 g/mol. The summed E-state index contributed by atoms with van der Waals surface area (Å²) < 4.78 is 0. The minimum Gasteiger partial charge on any atom is -0.368 e. The third-order valence-corrected chi connectivity index (χ3v) is 5.53. The van der Waals surface area contributed by atoms with Gasteiger partial charge in [-0.2, -0.15) is 0 Å². The van der Waals surface area contributed by atoms with E-state index in [0.29, 0.717) is 19.5 Å². The Bertz CT molecular complexity index is 771. The summed E-state index contributed by atoms with van der Waals surface area (Å²) in [5.74, 6) is 0.187. The van der Waals surface area contributed by atoms with Crippen molar-refractivity contribution in [2.75, 3.05) is 44.2 Å². The number of benzene rings is 2. The molecule has 2 aromatic carbocycles. The lowest BCUT2D eigenvalue weighted by Gasteiger charge is -2.36. The molecule has 0 unspecified atom stereocenters. The van der Waals surface area contributed by atoms with Gasteiger partial charge in [-0.05, 0) is 30.5 Å². The summed E-state index contributed by atoms with van der Waals surface area (Å²) in [4.78, 5) is 30.7. The Morgan fingerprint density at radius 1 is 0.862 bits per heavy atom. The Kier molecular flexibility index (Phi) is 7.68. The molecule has 5 heteroatoms. The van der Waals surface area contributed by atoms with Gasteiger partial charge in [-0.25, -0.2) is 0 Å². The molecule has 0 spiro atoms. The first kappa shape index (κ1) is 20.9. The van der Waals surface area contributed by atoms with Crippen LogP contribution in [0.4, 0.5) is 5.69 Å². The van der Waals surface area contributed by atoms with E-state index in [0.717, 1.165) is 39.0 Å². The van der Waals surface area contributed by atoms with Crippen LogP contribution in [-0.4, -0.2) is 60.9 Å². The van der Waals surface area contributed by atoms with Crippen LogP contribution in [0, 0.1) is 0 Å². The monoisotopic (exact) mass is 393 g/mol. The number of amides is 2. The van der Waals surface area contributed by atoms with Crippen LogP contribution in [0.2, 0.25) is 0 Å². The maximum Gasteiger partial charge on any atom is 0.224 e. The van der Waals surface area contributed by atoms with Gasteiger partial charge in [0.15, 0.2) is 0 Å². The zero-order valence-electron chi connectivity index (χ0n) is 17.3. The van der Waals surface area contributed by atoms with E-state index in [-0.39, 0.29) is 11.8 Å². The minimum absolute atomic E-state index is 0.0414. The largest absolute Gasteiger partial charge is 0.368 e. The van der Waals surface area contributed by atoms with Crippen molar-refractivity contribution in [3.8, 4) is 0 Å². The number of carbonyl (C=O) groups excluding carboxylic acids is 2. The Hall–Kier alpha value is -2.82. The summed E-state index contributed by atoms with van der Waals surface area (Å²) in [6.45, 7) is 5.96. The van der Waals surface area contributed by atoms with E-state index >= 15 is 0 Å². The van der Waals surface area contributed by atoms with Crippen molar-refractivity contribution in [1.29, 1.82) is 0 Å². The summed E-state index contributed by atoms with van der Waals surface area (Å²) in [6.07, 6.45) is 2.25. The van der Waals surface area contributed by atoms with Gasteiger partial charge in [0.1, 0.15) is 0 Å². The highest BCUT2D eigenvalue weighted by molar-refractivity contribution is 5.78. The standard InChI is InChI=1S/C24H31N3O2/c1-21(28)25(15-8-11-22-9-4-2-5-10-22)16-14-24(29)27-19-17-26(18-20-27)23-12-6-3-7-13-23/h2-7,9-10,12-13H,8,11,14-20H2,1H3. The van der Waals surface area contributed by atoms with Crippen molar-refractivity contribution < 1.29 is 9.59 Å². The van der Waals surface area contributed by atoms with Gasteiger partial charge in [-0.15, -0.1) is 0 Å². The molecule has 1 aliphatic heterocycles. The third-order valence-electron chi connectivity index (χ3n) is 5.53. The minimum atomic E-state index is 0.0414. The second-order valence-electron chi connectivity index (χ2n) is 7.55. The molecule has 1 saturated heterocycles. The average molecular weight is 394 g/mol. The number of rotatable bonds is 8. The zero-order valence-corrected chi connectivity index (χ0v) is 17.3. The van der Waals surface area contributed by atoms with Crippen molar-refractivity contribution >= 4 is 17.5 Å². The SMILES string of the molecule is CC(=O)N(CCCc1ccccc1)CCC(=O)N1CCN(c2ccccc2)CC1. The molecule has 2 amide bonds. The lowest BCUT2D eigenvalue weighted by atomic mass is 10.1. The highest BCUT2D eigenvalue weighted by Gasteiger charge is 2.22. The summed E-state index contributed by atoms with van der Waals surface area (Å²) in [7, 11) is 0. The molecule has 1 aliphatic rings. The summed E-state index contributed by atoms with van der Waals surface area (Å²) in [6, 6.07) is 20.6. The highest BCUT2D eigenvalue weighted by Crippen LogP contribution is 2.16. The maximum atomic E-state index is 12.6. The Morgan fingerprint density at radius 2 is 1.48 bits per heavy atom. The predicted molar refractivity (Wildman–Crippen MR) is 117 cm³/mol. The van der Waals surface area contributed by atoms with Crippen LogP contribution in [0.1, 0.15) is 25.3 Å². The Morgan fingerprint density at radius 3 is 2.10 bits per heavy atom. The quantitative estimate of drug-likeness (QED) is 0.692. The number of carbonyl (C=O) groups is 2. The van der Waals surface area contributed by atoms with E-state index < -0.39 is 0 Å². The van der Waals surface area contributed by atoms with Crippen molar-refractivity contribution in [1.82, 2.24) is 9.80 Å². The molecule has 0 bridgehead atoms. The zero-order chi connectivity index (χ0) is 20.5. The van der Waals surface area contributed by atoms with Crippen LogP contribution in [-0.2, 0) is 16.0 Å². The van der Waals surface area contributed by atoms with Crippen LogP contribution in [0.15, 0.2) is 60.7 Å². The molecule has 0 N–H and O–H groups in total. The first-order valence-corrected chi connectivity index (χ1v) is 10.5. The first-order chi connectivity index (χ1) is 14.1. The van der Waals surface area contributed by atoms with Crippen LogP contribution < -0.4 is 4.90 Å². The molecule has 0 radical (unpaired) electrons. The van der Waals surface area contributed by atoms with Crippen LogP contribution in [0.25, 0.3) is 0 Å². The fraction of sp³-hybridized carbons (Fsp3) is 0.417. The average Bonchev–Trinajstić information content (AvgIpc) is 2.77. The van der Waals surface area contributed by atoms with E-state index in [1.807, 2.05) is 41.3 Å². The van der Waals surface area contributed by atoms with Gasteiger partial charge in [0, 0.05) is 58.3 Å². The fourth-order valence-electron chi connectivity index (χ4n) is 3.79. The summed E-state index contributed by atoms with van der Waals surface area (Å²) in [5, 5.41) is 0. The van der Waals surface area contributed by atoms with Gasteiger partial charge in [0.2, 0.25) is 11.8 Å². The topological polar surface area (TPSA) is 43.9 Å². The number of aryl methyl sites for hydroxylation is 1. The smallest absolute Gasteiger partial charge is 0.224 e. The van der Waals surface area contributed by atoms with E-state index in [9.17, 15) is 9.59 Å². The van der Waals surface area contributed by atoms with Crippen LogP contribution in [0.3, 0.4) is 0 Å². The van der Waals surface area contributed by atoms with Crippen LogP contribution in [0.5, 0.6) is 0 Å². The van der Waals surface area contributed by atoms with E-state index in [1.54, 1.807) is 11.8 Å². The third kappa shape index (κ3) is 6.34. The number of hydrogen-bond donors (Lipinski definition) is 0. The molecule has 154 valence electrons. The first-order valence-electron chi connectivity index (χ1n) is 10.5. The number of para-hydroxylation sites is 1. The lowest BCUT2D eigenvalue weighted by Crippen LogP contribution is -2.49. The van der Waals surface area contributed by atoms with Crippen molar-refractivity contribution in [2.24, 2.45) is 0 Å². The van der Waals surface area contributed by atoms with Gasteiger partial charge < -0.3 is 14.7 Å². The van der Waals surface area contributed by atoms with Crippen molar-refractivity contribution in [3.63, 3.8) is 0 Å². The van der Waals surface area contributed by atoms with E-state index in [1.165, 1.54) is 11.3 Å². The van der Waals surface area contributed by atoms with E-state index in [4.69, 9.17) is 0 Å². The summed E-state index contributed by atoms with van der Waals surface area (Å²) in [5.41, 5.74) is 2.49. The molecule has 5 nitrogen and oxygen atoms in total. The molecule has 0 atom stereocenters. The second kappa shape index (κ2) is 10.6. The molecule has 29 heavy (non-hydrogen) atoms. The number of anilines is 1. The number of nitrogens with zero attached hydrogens (tertiary/aromatic N) is 3. The number of hydrogen-bond acceptors (Lipinski definition) is 3. The molecule has 0 aromatic heterocycles. The fourth-order valence-corrected chi connectivity index (χ4v) is 3.79. The molecule has 0 saturated carbocycles. The number of piperazine rings is 1. The molecule has 1 heterocycles. The molecular formula is C24H31N3O2. The predicted octanol–water partition coefficient (Wildman–Crippen LogP) is 3.21. The molecule has 0 aliphatic carbocycles. The molecule has 1 fully saturated rings. The van der Waals surface area contributed by atoms with Gasteiger partial charge >= 0.3 is 0 Å². The van der Waals surface area contributed by atoms with Gasteiger partial charge in [0.05, 0.1) is 0 Å². The second-order valence-corrected chi connectivity index (χ2v) is 7.55. The molecule has 3 rings (SSSR count). The van der Waals surface area contributed by atoms with Gasteiger partial charge in [-0.3, -0.25) is 9.59 Å². The lowest BCUT2D eigenvalue weighted by molar-refractivity contribution is -0.133. The normalized spacial score (nSPS) is 14.0. The van der Waals surface area contributed by atoms with Gasteiger partial charge in [-0.1, -0.05) is 48.5 Å². The van der Waals surface area contributed by atoms with Crippen LogP contribution >= 0.6 is 0 Å². The Balaban J connectivity index is 1.40. The van der Waals surface area contributed by atoms with Crippen molar-refractivity contribution in [3.05, 3.63) is 66.2 Å². The van der Waals surface area contributed by atoms with E-state index in [2.05, 4.69) is 29.2 Å². The Labute approximate surface area is 173 Å².